The van der Waals surface area contributed by atoms with E-state index in [0.717, 1.165) is 0 Å². The number of rotatable bonds is 7. The average Bonchev–Trinajstić information content (AvgIpc) is 2.56. The summed E-state index contributed by atoms with van der Waals surface area (Å²) in [5, 5.41) is 10.3. The molecule has 1 saturated heterocycles. The molecular weight excluding hydrogens is 290 g/mol. The molecule has 0 aliphatic carbocycles. The Kier molecular flexibility index (Phi) is 6.60. The van der Waals surface area contributed by atoms with Crippen LogP contribution in [0.4, 0.5) is 0 Å². The molecule has 1 N–H and O–H groups in total. The average molecular weight is 319 g/mol. The van der Waals surface area contributed by atoms with E-state index in [9.17, 15) is 9.90 Å². The molecule has 1 heterocycles. The molecule has 3 atom stereocenters. The van der Waals surface area contributed by atoms with Crippen LogP contribution in [0.5, 0.6) is 5.75 Å². The molecule has 0 radical (unpaired) electrons. The van der Waals surface area contributed by atoms with Gasteiger partial charge in [-0.15, -0.1) is 0 Å². The van der Waals surface area contributed by atoms with Gasteiger partial charge in [-0.2, -0.15) is 0 Å². The smallest absolute Gasteiger partial charge is 0.162 e. The number of ether oxygens (including phenoxy) is 1. The summed E-state index contributed by atoms with van der Waals surface area (Å²) in [6.45, 7) is 7.23. The number of hydrogen-bond donors (Lipinski definition) is 1. The molecule has 128 valence electrons. The van der Waals surface area contributed by atoms with E-state index in [2.05, 4.69) is 18.7 Å². The van der Waals surface area contributed by atoms with Gasteiger partial charge in [0.2, 0.25) is 0 Å². The lowest BCUT2D eigenvalue weighted by atomic mass is 9.97. The van der Waals surface area contributed by atoms with Crippen LogP contribution in [0, 0.1) is 0 Å². The van der Waals surface area contributed by atoms with Crippen LogP contribution in [0.1, 0.15) is 56.8 Å². The molecule has 1 aromatic carbocycles. The first-order chi connectivity index (χ1) is 11.0. The summed E-state index contributed by atoms with van der Waals surface area (Å²) >= 11 is 0. The second-order valence-electron chi connectivity index (χ2n) is 6.59. The second-order valence-corrected chi connectivity index (χ2v) is 6.59. The highest BCUT2D eigenvalue weighted by molar-refractivity contribution is 5.95. The van der Waals surface area contributed by atoms with Crippen molar-refractivity contribution in [2.75, 3.05) is 13.2 Å². The van der Waals surface area contributed by atoms with Gasteiger partial charge in [0.1, 0.15) is 18.5 Å². The summed E-state index contributed by atoms with van der Waals surface area (Å²) in [6, 6.07) is 8.19. The third-order valence-electron chi connectivity index (χ3n) is 4.74. The number of hydrogen-bond acceptors (Lipinski definition) is 4. The number of aliphatic hydroxyl groups excluding tert-OH is 1. The number of β-amino-alcohol motifs (C(OH)–C–C–N with tert-alkyl or cyclic N) is 1. The first-order valence-electron chi connectivity index (χ1n) is 8.71. The quantitative estimate of drug-likeness (QED) is 0.784. The van der Waals surface area contributed by atoms with Crippen LogP contribution >= 0.6 is 0 Å². The van der Waals surface area contributed by atoms with E-state index in [1.807, 2.05) is 6.92 Å². The van der Waals surface area contributed by atoms with Crippen LogP contribution in [0.25, 0.3) is 0 Å². The van der Waals surface area contributed by atoms with Crippen molar-refractivity contribution >= 4 is 5.78 Å². The van der Waals surface area contributed by atoms with Crippen LogP contribution < -0.4 is 4.74 Å². The molecule has 0 bridgehead atoms. The highest BCUT2D eigenvalue weighted by Gasteiger charge is 2.26. The predicted octanol–water partition coefficient (Wildman–Crippen LogP) is 3.28. The van der Waals surface area contributed by atoms with Gasteiger partial charge in [0.05, 0.1) is 0 Å². The molecule has 4 heteroatoms. The zero-order valence-corrected chi connectivity index (χ0v) is 14.5. The molecule has 1 fully saturated rings. The van der Waals surface area contributed by atoms with Crippen LogP contribution in [-0.4, -0.2) is 47.1 Å². The molecular formula is C19H29NO3. The van der Waals surface area contributed by atoms with Crippen LogP contribution in [0.2, 0.25) is 0 Å². The van der Waals surface area contributed by atoms with Crippen molar-refractivity contribution in [1.29, 1.82) is 0 Å². The molecule has 0 aromatic heterocycles. The minimum absolute atomic E-state index is 0.129. The Labute approximate surface area is 139 Å². The molecule has 4 nitrogen and oxygen atoms in total. The minimum Gasteiger partial charge on any atom is -0.491 e. The number of benzene rings is 1. The zero-order chi connectivity index (χ0) is 16.8. The van der Waals surface area contributed by atoms with Gasteiger partial charge in [-0.1, -0.05) is 13.3 Å². The van der Waals surface area contributed by atoms with Crippen molar-refractivity contribution in [3.63, 3.8) is 0 Å². The predicted molar refractivity (Wildman–Crippen MR) is 92.0 cm³/mol. The van der Waals surface area contributed by atoms with Crippen LogP contribution in [0.15, 0.2) is 24.3 Å². The highest BCUT2D eigenvalue weighted by atomic mass is 16.5. The summed E-state index contributed by atoms with van der Waals surface area (Å²) in [4.78, 5) is 14.0. The largest absolute Gasteiger partial charge is 0.491 e. The fourth-order valence-corrected chi connectivity index (χ4v) is 3.26. The zero-order valence-electron chi connectivity index (χ0n) is 14.5. The fraction of sp³-hybridized carbons (Fsp3) is 0.632. The lowest BCUT2D eigenvalue weighted by molar-refractivity contribution is 0.0209. The van der Waals surface area contributed by atoms with Gasteiger partial charge in [-0.25, -0.2) is 0 Å². The lowest BCUT2D eigenvalue weighted by Crippen LogP contribution is -2.48. The van der Waals surface area contributed by atoms with Crippen molar-refractivity contribution in [1.82, 2.24) is 4.90 Å². The van der Waals surface area contributed by atoms with Gasteiger partial charge < -0.3 is 9.84 Å². The van der Waals surface area contributed by atoms with Crippen molar-refractivity contribution in [2.45, 2.75) is 64.6 Å². The molecule has 1 aromatic rings. The molecule has 0 amide bonds. The Morgan fingerprint density at radius 1 is 1.26 bits per heavy atom. The van der Waals surface area contributed by atoms with Gasteiger partial charge >= 0.3 is 0 Å². The number of carbonyl (C=O) groups excluding carboxylic acids is 1. The first kappa shape index (κ1) is 18.0. The number of ketones is 1. The summed E-state index contributed by atoms with van der Waals surface area (Å²) in [7, 11) is 0. The van der Waals surface area contributed by atoms with Gasteiger partial charge in [0.25, 0.3) is 0 Å². The second kappa shape index (κ2) is 8.46. The molecule has 23 heavy (non-hydrogen) atoms. The maximum Gasteiger partial charge on any atom is 0.162 e. The van der Waals surface area contributed by atoms with E-state index in [0.29, 0.717) is 36.4 Å². The lowest BCUT2D eigenvalue weighted by Gasteiger charge is -2.40. The van der Waals surface area contributed by atoms with Gasteiger partial charge in [-0.3, -0.25) is 9.69 Å². The van der Waals surface area contributed by atoms with Crippen molar-refractivity contribution < 1.29 is 14.6 Å². The van der Waals surface area contributed by atoms with E-state index in [4.69, 9.17) is 4.74 Å². The van der Waals surface area contributed by atoms with E-state index in [1.54, 1.807) is 24.3 Å². The fourth-order valence-electron chi connectivity index (χ4n) is 3.26. The molecule has 1 aliphatic heterocycles. The van der Waals surface area contributed by atoms with Crippen molar-refractivity contribution in [3.8, 4) is 5.75 Å². The SMILES string of the molecule is CCC(=O)c1ccc(OC[C@H](O)CN2[C@@H](C)CCC[C@@H]2C)cc1. The standard InChI is InChI=1S/C19H29NO3/c1-4-19(22)16-8-10-18(11-9-16)23-13-17(21)12-20-14(2)6-5-7-15(20)3/h8-11,14-15,17,21H,4-7,12-13H2,1-3H3/t14-,15-,17+/m0/s1. The molecule has 2 rings (SSSR count). The van der Waals surface area contributed by atoms with E-state index in [-0.39, 0.29) is 12.4 Å². The maximum atomic E-state index is 11.6. The van der Waals surface area contributed by atoms with E-state index >= 15 is 0 Å². The van der Waals surface area contributed by atoms with E-state index < -0.39 is 6.10 Å². The van der Waals surface area contributed by atoms with Gasteiger partial charge in [0, 0.05) is 30.6 Å². The minimum atomic E-state index is -0.505. The topological polar surface area (TPSA) is 49.8 Å². The van der Waals surface area contributed by atoms with Crippen molar-refractivity contribution in [2.24, 2.45) is 0 Å². The molecule has 1 aliphatic rings. The first-order valence-corrected chi connectivity index (χ1v) is 8.71. The Balaban J connectivity index is 1.81. The van der Waals surface area contributed by atoms with Crippen LogP contribution in [-0.2, 0) is 0 Å². The maximum absolute atomic E-state index is 11.6. The monoisotopic (exact) mass is 319 g/mol. The summed E-state index contributed by atoms with van der Waals surface area (Å²) < 4.78 is 5.66. The third-order valence-corrected chi connectivity index (χ3v) is 4.74. The highest BCUT2D eigenvalue weighted by Crippen LogP contribution is 2.22. The Morgan fingerprint density at radius 2 is 1.87 bits per heavy atom. The Morgan fingerprint density at radius 3 is 2.43 bits per heavy atom. The normalized spacial score (nSPS) is 23.5. The molecule has 0 spiro atoms. The Hall–Kier alpha value is -1.39. The Bertz CT molecular complexity index is 490. The summed E-state index contributed by atoms with van der Waals surface area (Å²) in [5.74, 6) is 0.820. The van der Waals surface area contributed by atoms with Crippen molar-refractivity contribution in [3.05, 3.63) is 29.8 Å². The van der Waals surface area contributed by atoms with Gasteiger partial charge in [-0.05, 0) is 51.0 Å². The number of likely N-dealkylation sites (tertiary alicyclic amines) is 1. The number of aliphatic hydroxyl groups is 1. The number of piperidine rings is 1. The van der Waals surface area contributed by atoms with Gasteiger partial charge in [0.15, 0.2) is 5.78 Å². The van der Waals surface area contributed by atoms with Crippen LogP contribution in [0.3, 0.4) is 0 Å². The molecule has 0 saturated carbocycles. The number of carbonyl (C=O) groups is 1. The summed E-state index contributed by atoms with van der Waals surface area (Å²) in [5.41, 5.74) is 0.705. The number of Topliss-reactive ketones (excluding diaryl/α,β-unsaturated/α-hetero) is 1. The van der Waals surface area contributed by atoms with E-state index in [1.165, 1.54) is 19.3 Å². The number of nitrogens with zero attached hydrogens (tertiary/aromatic N) is 1. The summed E-state index contributed by atoms with van der Waals surface area (Å²) in [6.07, 6.45) is 3.67. The molecule has 0 unspecified atom stereocenters. The third kappa shape index (κ3) is 5.05.